The molecule has 0 heterocycles. The summed E-state index contributed by atoms with van der Waals surface area (Å²) >= 11 is 0. The Morgan fingerprint density at radius 1 is 1.18 bits per heavy atom. The summed E-state index contributed by atoms with van der Waals surface area (Å²) in [5, 5.41) is 7.89. The lowest BCUT2D eigenvalue weighted by Gasteiger charge is -2.02. The Morgan fingerprint density at radius 2 is 1.65 bits per heavy atom. The number of carbonyl (C=O) groups is 2. The molecular formula is C12H18O5. The molecule has 0 aromatic heterocycles. The fourth-order valence-electron chi connectivity index (χ4n) is 0.389. The van der Waals surface area contributed by atoms with Gasteiger partial charge in [0.05, 0.1) is 6.26 Å². The molecule has 0 radical (unpaired) electrons. The molecule has 0 bridgehead atoms. The van der Waals surface area contributed by atoms with Crippen LogP contribution < -0.4 is 0 Å². The molecule has 5 nitrogen and oxygen atoms in total. The van der Waals surface area contributed by atoms with E-state index in [0.29, 0.717) is 12.2 Å². The third-order valence-electron chi connectivity index (χ3n) is 1.27. The van der Waals surface area contributed by atoms with Gasteiger partial charge in [-0.1, -0.05) is 19.7 Å². The zero-order valence-electron chi connectivity index (χ0n) is 10.2. The zero-order valence-corrected chi connectivity index (χ0v) is 10.2. The first-order valence-corrected chi connectivity index (χ1v) is 4.76. The van der Waals surface area contributed by atoms with Crippen LogP contribution >= 0.6 is 0 Å². The topological polar surface area (TPSA) is 72.8 Å². The SMILES string of the molecule is C=C(C)C(=O)O.C=COCCOC(=O)C(=C)C. The number of carboxylic acids is 1. The molecule has 17 heavy (non-hydrogen) atoms. The van der Waals surface area contributed by atoms with Crippen LogP contribution in [0, 0.1) is 0 Å². The Kier molecular flexibility index (Phi) is 10.7. The molecule has 0 aliphatic heterocycles. The lowest BCUT2D eigenvalue weighted by atomic mass is 10.4. The largest absolute Gasteiger partial charge is 0.498 e. The van der Waals surface area contributed by atoms with Crippen molar-refractivity contribution in [1.29, 1.82) is 0 Å². The fourth-order valence-corrected chi connectivity index (χ4v) is 0.389. The number of esters is 1. The molecule has 0 saturated carbocycles. The Hall–Kier alpha value is -2.04. The molecular weight excluding hydrogens is 224 g/mol. The van der Waals surface area contributed by atoms with Gasteiger partial charge in [-0.05, 0) is 13.8 Å². The summed E-state index contributed by atoms with van der Waals surface area (Å²) in [5.41, 5.74) is 0.568. The normalized spacial score (nSPS) is 8.12. The molecule has 96 valence electrons. The Labute approximate surface area is 101 Å². The van der Waals surface area contributed by atoms with Crippen LogP contribution in [0.15, 0.2) is 37.1 Å². The molecule has 0 saturated heterocycles. The highest BCUT2D eigenvalue weighted by Gasteiger charge is 2.00. The molecule has 0 aromatic carbocycles. The van der Waals surface area contributed by atoms with Crippen molar-refractivity contribution in [1.82, 2.24) is 0 Å². The minimum atomic E-state index is -0.935. The minimum absolute atomic E-state index is 0.176. The van der Waals surface area contributed by atoms with Crippen molar-refractivity contribution in [3.05, 3.63) is 37.1 Å². The van der Waals surface area contributed by atoms with Crippen molar-refractivity contribution in [2.75, 3.05) is 13.2 Å². The number of carbonyl (C=O) groups excluding carboxylic acids is 1. The van der Waals surface area contributed by atoms with Crippen LogP contribution in [-0.2, 0) is 19.1 Å². The second-order valence-electron chi connectivity index (χ2n) is 3.04. The van der Waals surface area contributed by atoms with E-state index in [0.717, 1.165) is 0 Å². The third-order valence-corrected chi connectivity index (χ3v) is 1.27. The predicted molar refractivity (Wildman–Crippen MR) is 64.4 cm³/mol. The van der Waals surface area contributed by atoms with Crippen LogP contribution in [0.3, 0.4) is 0 Å². The number of rotatable bonds is 6. The monoisotopic (exact) mass is 242 g/mol. The first-order valence-electron chi connectivity index (χ1n) is 4.76. The van der Waals surface area contributed by atoms with Crippen LogP contribution in [0.5, 0.6) is 0 Å². The molecule has 0 unspecified atom stereocenters. The van der Waals surface area contributed by atoms with Gasteiger partial charge < -0.3 is 14.6 Å². The lowest BCUT2D eigenvalue weighted by Crippen LogP contribution is -2.09. The third kappa shape index (κ3) is 14.0. The van der Waals surface area contributed by atoms with Crippen LogP contribution in [-0.4, -0.2) is 30.3 Å². The van der Waals surface area contributed by atoms with Crippen molar-refractivity contribution in [3.8, 4) is 0 Å². The Bertz CT molecular complexity index is 292. The van der Waals surface area contributed by atoms with E-state index >= 15 is 0 Å². The molecule has 0 aliphatic rings. The molecule has 0 rings (SSSR count). The van der Waals surface area contributed by atoms with E-state index in [-0.39, 0.29) is 12.2 Å². The van der Waals surface area contributed by atoms with Crippen molar-refractivity contribution in [3.63, 3.8) is 0 Å². The minimum Gasteiger partial charge on any atom is -0.498 e. The van der Waals surface area contributed by atoms with Gasteiger partial charge in [0, 0.05) is 11.1 Å². The second-order valence-corrected chi connectivity index (χ2v) is 3.04. The van der Waals surface area contributed by atoms with Gasteiger partial charge in [-0.25, -0.2) is 9.59 Å². The highest BCUT2D eigenvalue weighted by atomic mass is 16.6. The van der Waals surface area contributed by atoms with E-state index < -0.39 is 11.9 Å². The van der Waals surface area contributed by atoms with Crippen LogP contribution in [0.25, 0.3) is 0 Å². The van der Waals surface area contributed by atoms with Gasteiger partial charge in [0.2, 0.25) is 0 Å². The van der Waals surface area contributed by atoms with E-state index in [2.05, 4.69) is 19.7 Å². The van der Waals surface area contributed by atoms with Crippen molar-refractivity contribution < 1.29 is 24.2 Å². The Balaban J connectivity index is 0. The number of hydrogen-bond donors (Lipinski definition) is 1. The summed E-state index contributed by atoms with van der Waals surface area (Å²) < 4.78 is 9.41. The van der Waals surface area contributed by atoms with Crippen LogP contribution in [0.1, 0.15) is 13.8 Å². The Morgan fingerprint density at radius 3 is 1.94 bits per heavy atom. The van der Waals surface area contributed by atoms with Gasteiger partial charge >= 0.3 is 11.9 Å². The number of carboxylic acid groups (broad SMARTS) is 1. The summed E-state index contributed by atoms with van der Waals surface area (Å²) in [6.45, 7) is 13.5. The van der Waals surface area contributed by atoms with Gasteiger partial charge in [-0.3, -0.25) is 0 Å². The van der Waals surface area contributed by atoms with Gasteiger partial charge in [-0.15, -0.1) is 0 Å². The van der Waals surface area contributed by atoms with Gasteiger partial charge in [0.25, 0.3) is 0 Å². The van der Waals surface area contributed by atoms with Crippen LogP contribution in [0.4, 0.5) is 0 Å². The molecule has 0 aliphatic carbocycles. The average molecular weight is 242 g/mol. The van der Waals surface area contributed by atoms with E-state index in [1.807, 2.05) is 0 Å². The number of ether oxygens (including phenoxy) is 2. The molecule has 0 atom stereocenters. The van der Waals surface area contributed by atoms with Crippen molar-refractivity contribution in [2.24, 2.45) is 0 Å². The highest BCUT2D eigenvalue weighted by Crippen LogP contribution is 1.91. The molecule has 1 N–H and O–H groups in total. The molecule has 0 aromatic rings. The molecule has 5 heteroatoms. The first kappa shape index (κ1) is 17.4. The summed E-state index contributed by atoms with van der Waals surface area (Å²) in [6, 6.07) is 0. The van der Waals surface area contributed by atoms with Gasteiger partial charge in [0.1, 0.15) is 13.2 Å². The molecule has 0 fully saturated rings. The maximum atomic E-state index is 10.7. The lowest BCUT2D eigenvalue weighted by molar-refractivity contribution is -0.140. The van der Waals surface area contributed by atoms with Crippen LogP contribution in [0.2, 0.25) is 0 Å². The summed E-state index contributed by atoms with van der Waals surface area (Å²) in [5.74, 6) is -1.33. The standard InChI is InChI=1S/C8H12O3.C4H6O2/c1-4-10-5-6-11-8(9)7(2)3;1-3(2)4(5)6/h4H,1-2,5-6H2,3H3;1H2,2H3,(H,5,6). The first-order chi connectivity index (χ1) is 7.82. The quantitative estimate of drug-likeness (QED) is 0.333. The average Bonchev–Trinajstić information content (AvgIpc) is 2.24. The van der Waals surface area contributed by atoms with E-state index in [1.165, 1.54) is 13.2 Å². The van der Waals surface area contributed by atoms with Crippen molar-refractivity contribution in [2.45, 2.75) is 13.8 Å². The second kappa shape index (κ2) is 10.5. The fraction of sp³-hybridized carbons (Fsp3) is 0.333. The van der Waals surface area contributed by atoms with E-state index in [1.54, 1.807) is 6.92 Å². The molecule has 0 amide bonds. The molecule has 0 spiro atoms. The van der Waals surface area contributed by atoms with Gasteiger partial charge in [-0.2, -0.15) is 0 Å². The smallest absolute Gasteiger partial charge is 0.333 e. The number of aliphatic carboxylic acids is 1. The van der Waals surface area contributed by atoms with E-state index in [4.69, 9.17) is 14.6 Å². The maximum absolute atomic E-state index is 10.7. The van der Waals surface area contributed by atoms with Crippen molar-refractivity contribution >= 4 is 11.9 Å². The summed E-state index contributed by atoms with van der Waals surface area (Å²) in [4.78, 5) is 20.3. The predicted octanol–water partition coefficient (Wildman–Crippen LogP) is 1.91. The zero-order chi connectivity index (χ0) is 13.8. The summed E-state index contributed by atoms with van der Waals surface area (Å²) in [7, 11) is 0. The maximum Gasteiger partial charge on any atom is 0.333 e. The number of hydrogen-bond acceptors (Lipinski definition) is 4. The van der Waals surface area contributed by atoms with Gasteiger partial charge in [0.15, 0.2) is 0 Å². The summed E-state index contributed by atoms with van der Waals surface area (Å²) in [6.07, 6.45) is 1.30. The van der Waals surface area contributed by atoms with E-state index in [9.17, 15) is 9.59 Å². The highest BCUT2D eigenvalue weighted by molar-refractivity contribution is 5.86.